The van der Waals surface area contributed by atoms with Crippen molar-refractivity contribution in [2.24, 2.45) is 11.3 Å². The zero-order valence-electron chi connectivity index (χ0n) is 27.5. The Labute approximate surface area is 278 Å². The standard InChI is InChI=1S/C35H42N6O5S/c1-34(2,3)46-33(44)40-15-14-35(20-40)17-24(18-35)41-26-11-10-23(39(4)31(43)22-8-6-5-7-9-22)16-25(26)37-32(41)38-30(42)29-13-12-28(47-29)27-19-36-21-45-27/h10-13,16,19,21-22,24H,5-9,14-15,17-18,20H2,1-4H3,(H,37,38,42). The zero-order valence-corrected chi connectivity index (χ0v) is 28.3. The number of imidazole rings is 1. The van der Waals surface area contributed by atoms with E-state index in [-0.39, 0.29) is 35.3 Å². The molecule has 4 aromatic rings. The van der Waals surface area contributed by atoms with Gasteiger partial charge in [0.25, 0.3) is 5.91 Å². The fourth-order valence-corrected chi connectivity index (χ4v) is 8.32. The minimum absolute atomic E-state index is 0.00570. The molecule has 0 atom stereocenters. The molecule has 1 N–H and O–H groups in total. The van der Waals surface area contributed by atoms with Gasteiger partial charge in [-0.05, 0) is 88.6 Å². The number of likely N-dealkylation sites (tertiary alicyclic amines) is 1. The topological polar surface area (TPSA) is 123 Å². The van der Waals surface area contributed by atoms with Gasteiger partial charge in [-0.3, -0.25) is 14.9 Å². The number of thiophene rings is 1. The molecule has 11 nitrogen and oxygen atoms in total. The number of ether oxygens (including phenoxy) is 1. The third-order valence-electron chi connectivity index (χ3n) is 9.87. The van der Waals surface area contributed by atoms with Crippen LogP contribution >= 0.6 is 11.3 Å². The summed E-state index contributed by atoms with van der Waals surface area (Å²) in [5.41, 5.74) is 1.88. The molecule has 0 unspecified atom stereocenters. The SMILES string of the molecule is CN(C(=O)C1CCCCC1)c1ccc2c(c1)nc(NC(=O)c1ccc(-c3cnco3)s1)n2C1CC2(CCN(C(=O)OC(C)(C)C)C2)C1. The molecular weight excluding hydrogens is 616 g/mol. The van der Waals surface area contributed by atoms with E-state index in [1.807, 2.05) is 57.0 Å². The van der Waals surface area contributed by atoms with Gasteiger partial charge in [0.05, 0.1) is 27.0 Å². The van der Waals surface area contributed by atoms with Crippen molar-refractivity contribution in [2.75, 3.05) is 30.4 Å². The molecule has 3 aromatic heterocycles. The summed E-state index contributed by atoms with van der Waals surface area (Å²) in [5.74, 6) is 1.03. The Kier molecular flexibility index (Phi) is 8.10. The van der Waals surface area contributed by atoms with E-state index in [1.54, 1.807) is 17.2 Å². The van der Waals surface area contributed by atoms with Gasteiger partial charge < -0.3 is 23.5 Å². The van der Waals surface area contributed by atoms with Crippen LogP contribution in [-0.4, -0.2) is 63.1 Å². The van der Waals surface area contributed by atoms with Gasteiger partial charge in [-0.15, -0.1) is 11.3 Å². The molecule has 3 aliphatic rings. The van der Waals surface area contributed by atoms with E-state index in [2.05, 4.69) is 14.9 Å². The maximum Gasteiger partial charge on any atom is 0.410 e. The highest BCUT2D eigenvalue weighted by molar-refractivity contribution is 7.17. The Hall–Kier alpha value is -4.19. The summed E-state index contributed by atoms with van der Waals surface area (Å²) in [4.78, 5) is 53.6. The number of oxazole rings is 1. The second kappa shape index (κ2) is 12.1. The maximum atomic E-state index is 13.6. The van der Waals surface area contributed by atoms with Crippen LogP contribution in [0.25, 0.3) is 21.7 Å². The molecule has 7 rings (SSSR count). The van der Waals surface area contributed by atoms with E-state index in [1.165, 1.54) is 24.2 Å². The number of hydrogen-bond donors (Lipinski definition) is 1. The first kappa shape index (κ1) is 31.4. The quantitative estimate of drug-likeness (QED) is 0.227. The van der Waals surface area contributed by atoms with Crippen LogP contribution in [0.15, 0.2) is 47.3 Å². The molecule has 1 aromatic carbocycles. The van der Waals surface area contributed by atoms with Crippen LogP contribution in [0.1, 0.15) is 87.9 Å². The number of nitrogens with zero attached hydrogens (tertiary/aromatic N) is 5. The highest BCUT2D eigenvalue weighted by Gasteiger charge is 2.51. The third kappa shape index (κ3) is 6.27. The number of fused-ring (bicyclic) bond motifs is 1. The first-order valence-corrected chi connectivity index (χ1v) is 17.4. The van der Waals surface area contributed by atoms with Crippen LogP contribution < -0.4 is 10.2 Å². The highest BCUT2D eigenvalue weighted by atomic mass is 32.1. The number of aromatic nitrogens is 3. The normalized spacial score (nSPS) is 21.6. The fourth-order valence-electron chi connectivity index (χ4n) is 7.47. The van der Waals surface area contributed by atoms with Gasteiger partial charge in [-0.25, -0.2) is 14.8 Å². The van der Waals surface area contributed by atoms with E-state index in [0.29, 0.717) is 29.7 Å². The number of carbonyl (C=O) groups is 3. The summed E-state index contributed by atoms with van der Waals surface area (Å²) < 4.78 is 13.2. The summed E-state index contributed by atoms with van der Waals surface area (Å²) >= 11 is 1.33. The van der Waals surface area contributed by atoms with Crippen LogP contribution in [0.2, 0.25) is 0 Å². The van der Waals surface area contributed by atoms with Crippen molar-refractivity contribution in [1.82, 2.24) is 19.4 Å². The molecule has 1 aliphatic heterocycles. The predicted octanol–water partition coefficient (Wildman–Crippen LogP) is 7.51. The molecule has 12 heteroatoms. The average molecular weight is 659 g/mol. The molecule has 0 radical (unpaired) electrons. The van der Waals surface area contributed by atoms with Gasteiger partial charge in [0, 0.05) is 37.8 Å². The fraction of sp³-hybridized carbons (Fsp3) is 0.514. The molecule has 2 saturated carbocycles. The maximum absolute atomic E-state index is 13.6. The highest BCUT2D eigenvalue weighted by Crippen LogP contribution is 2.55. The Balaban J connectivity index is 1.15. The van der Waals surface area contributed by atoms with Crippen LogP contribution in [0.5, 0.6) is 0 Å². The lowest BCUT2D eigenvalue weighted by Crippen LogP contribution is -2.43. The molecule has 1 spiro atoms. The molecule has 4 heterocycles. The van der Waals surface area contributed by atoms with E-state index in [9.17, 15) is 14.4 Å². The monoisotopic (exact) mass is 658 g/mol. The third-order valence-corrected chi connectivity index (χ3v) is 11.0. The van der Waals surface area contributed by atoms with Crippen LogP contribution in [0.4, 0.5) is 16.4 Å². The van der Waals surface area contributed by atoms with E-state index >= 15 is 0 Å². The van der Waals surface area contributed by atoms with Crippen molar-refractivity contribution >= 4 is 51.9 Å². The lowest BCUT2D eigenvalue weighted by Gasteiger charge is -2.46. The lowest BCUT2D eigenvalue weighted by molar-refractivity contribution is -0.123. The Bertz CT molecular complexity index is 1790. The number of anilines is 2. The van der Waals surface area contributed by atoms with Crippen molar-refractivity contribution in [1.29, 1.82) is 0 Å². The molecular formula is C35H42N6O5S. The number of amides is 3. The minimum atomic E-state index is -0.538. The van der Waals surface area contributed by atoms with Crippen LogP contribution in [0, 0.1) is 11.3 Å². The molecule has 47 heavy (non-hydrogen) atoms. The van der Waals surface area contributed by atoms with E-state index in [0.717, 1.165) is 66.5 Å². The Morgan fingerprint density at radius 2 is 1.89 bits per heavy atom. The molecule has 248 valence electrons. The van der Waals surface area contributed by atoms with Crippen LogP contribution in [0.3, 0.4) is 0 Å². The molecule has 0 bridgehead atoms. The smallest absolute Gasteiger partial charge is 0.410 e. The second-order valence-corrected chi connectivity index (χ2v) is 15.5. The van der Waals surface area contributed by atoms with Crippen molar-refractivity contribution in [2.45, 2.75) is 83.8 Å². The molecule has 3 amide bonds. The zero-order chi connectivity index (χ0) is 32.9. The Morgan fingerprint density at radius 3 is 2.62 bits per heavy atom. The van der Waals surface area contributed by atoms with Gasteiger partial charge in [-0.1, -0.05) is 19.3 Å². The number of nitrogens with one attached hydrogen (secondary N) is 1. The second-order valence-electron chi connectivity index (χ2n) is 14.4. The van der Waals surface area contributed by atoms with E-state index in [4.69, 9.17) is 14.1 Å². The van der Waals surface area contributed by atoms with Crippen molar-refractivity contribution < 1.29 is 23.5 Å². The van der Waals surface area contributed by atoms with Gasteiger partial charge in [0.2, 0.25) is 11.9 Å². The summed E-state index contributed by atoms with van der Waals surface area (Å²) in [7, 11) is 1.84. The molecule has 2 aliphatic carbocycles. The summed E-state index contributed by atoms with van der Waals surface area (Å²) in [5, 5.41) is 3.09. The predicted molar refractivity (Wildman–Crippen MR) is 181 cm³/mol. The van der Waals surface area contributed by atoms with Crippen molar-refractivity contribution in [3.05, 3.63) is 47.8 Å². The number of carbonyl (C=O) groups excluding carboxylic acids is 3. The first-order valence-electron chi connectivity index (χ1n) is 16.6. The minimum Gasteiger partial charge on any atom is -0.444 e. The van der Waals surface area contributed by atoms with E-state index < -0.39 is 5.60 Å². The summed E-state index contributed by atoms with van der Waals surface area (Å²) in [6.45, 7) is 6.99. The first-order chi connectivity index (χ1) is 22.5. The number of hydrogen-bond acceptors (Lipinski definition) is 8. The molecule has 3 fully saturated rings. The summed E-state index contributed by atoms with van der Waals surface area (Å²) in [6.07, 6.45) is 10.6. The molecule has 1 saturated heterocycles. The Morgan fingerprint density at radius 1 is 1.11 bits per heavy atom. The summed E-state index contributed by atoms with van der Waals surface area (Å²) in [6, 6.07) is 9.65. The van der Waals surface area contributed by atoms with Gasteiger partial charge in [0.1, 0.15) is 5.60 Å². The number of benzene rings is 1. The lowest BCUT2D eigenvalue weighted by atomic mass is 9.65. The van der Waals surface area contributed by atoms with Crippen LogP contribution in [-0.2, 0) is 9.53 Å². The largest absolute Gasteiger partial charge is 0.444 e. The number of rotatable bonds is 6. The van der Waals surface area contributed by atoms with Crippen molar-refractivity contribution in [3.8, 4) is 10.6 Å². The van der Waals surface area contributed by atoms with Crippen molar-refractivity contribution in [3.63, 3.8) is 0 Å². The van der Waals surface area contributed by atoms with Gasteiger partial charge in [-0.2, -0.15) is 0 Å². The van der Waals surface area contributed by atoms with Gasteiger partial charge in [0.15, 0.2) is 12.2 Å². The average Bonchev–Trinajstić information content (AvgIpc) is 3.84. The van der Waals surface area contributed by atoms with Gasteiger partial charge >= 0.3 is 6.09 Å².